The highest BCUT2D eigenvalue weighted by Crippen LogP contribution is 2.26. The van der Waals surface area contributed by atoms with Gasteiger partial charge in [0.25, 0.3) is 0 Å². The maximum atomic E-state index is 4.25. The summed E-state index contributed by atoms with van der Waals surface area (Å²) in [5.41, 5.74) is 0. The first-order valence-corrected chi connectivity index (χ1v) is 7.13. The zero-order valence-corrected chi connectivity index (χ0v) is 11.5. The number of nitrogens with zero attached hydrogens (tertiary/aromatic N) is 1. The fourth-order valence-electron chi connectivity index (χ4n) is 2.73. The van der Waals surface area contributed by atoms with Crippen molar-refractivity contribution in [2.24, 2.45) is 11.8 Å². The Labute approximate surface area is 101 Å². The van der Waals surface area contributed by atoms with Gasteiger partial charge < -0.3 is 4.90 Å². The third-order valence-electron chi connectivity index (χ3n) is 3.82. The van der Waals surface area contributed by atoms with Gasteiger partial charge in [-0.3, -0.25) is 0 Å². The first kappa shape index (κ1) is 13.4. The normalized spacial score (nSPS) is 33.2. The van der Waals surface area contributed by atoms with E-state index in [-0.39, 0.29) is 0 Å². The molecule has 0 N–H and O–H groups in total. The van der Waals surface area contributed by atoms with Crippen molar-refractivity contribution in [2.75, 3.05) is 18.8 Å². The molecule has 1 nitrogen and oxygen atoms in total. The number of hydrogen-bond donors (Lipinski definition) is 1. The number of likely N-dealkylation sites (tertiary alicyclic amines) is 1. The second-order valence-corrected chi connectivity index (χ2v) is 5.79. The fourth-order valence-corrected chi connectivity index (χ4v) is 2.95. The van der Waals surface area contributed by atoms with Gasteiger partial charge in [0.05, 0.1) is 0 Å². The van der Waals surface area contributed by atoms with E-state index in [9.17, 15) is 0 Å². The summed E-state index contributed by atoms with van der Waals surface area (Å²) in [7, 11) is 0. The van der Waals surface area contributed by atoms with Gasteiger partial charge in [-0.25, -0.2) is 0 Å². The Morgan fingerprint density at radius 3 is 2.53 bits per heavy atom. The van der Waals surface area contributed by atoms with Crippen molar-refractivity contribution in [3.05, 3.63) is 0 Å². The van der Waals surface area contributed by atoms with Crippen molar-refractivity contribution < 1.29 is 0 Å². The molecule has 0 aromatic carbocycles. The summed E-state index contributed by atoms with van der Waals surface area (Å²) >= 11 is 4.25. The van der Waals surface area contributed by atoms with Crippen LogP contribution in [0.15, 0.2) is 0 Å². The molecule has 15 heavy (non-hydrogen) atoms. The summed E-state index contributed by atoms with van der Waals surface area (Å²) < 4.78 is 0. The van der Waals surface area contributed by atoms with E-state index in [0.717, 1.165) is 23.6 Å². The van der Waals surface area contributed by atoms with Crippen LogP contribution in [0.25, 0.3) is 0 Å². The molecule has 0 bridgehead atoms. The quantitative estimate of drug-likeness (QED) is 0.558. The monoisotopic (exact) mass is 229 g/mol. The lowest BCUT2D eigenvalue weighted by Crippen LogP contribution is -2.45. The molecule has 3 atom stereocenters. The second kappa shape index (κ2) is 6.80. The fraction of sp³-hybridized carbons (Fsp3) is 1.00. The minimum absolute atomic E-state index is 0.789. The van der Waals surface area contributed by atoms with E-state index in [0.29, 0.717) is 0 Å². The molecule has 90 valence electrons. The van der Waals surface area contributed by atoms with Crippen LogP contribution >= 0.6 is 12.6 Å². The predicted octanol–water partition coefficient (Wildman–Crippen LogP) is 3.45. The average Bonchev–Trinajstić information content (AvgIpc) is 2.19. The van der Waals surface area contributed by atoms with E-state index in [1.807, 2.05) is 0 Å². The topological polar surface area (TPSA) is 3.24 Å². The Balaban J connectivity index is 2.26. The van der Waals surface area contributed by atoms with Crippen LogP contribution < -0.4 is 0 Å². The number of thiol groups is 1. The van der Waals surface area contributed by atoms with E-state index in [1.165, 1.54) is 38.8 Å². The SMILES string of the molecule is CC1CC(C)C(C)N(CCCCCS)C1. The van der Waals surface area contributed by atoms with Crippen LogP contribution in [0, 0.1) is 11.8 Å². The van der Waals surface area contributed by atoms with Crippen molar-refractivity contribution >= 4 is 12.6 Å². The molecule has 0 saturated carbocycles. The number of unbranched alkanes of at least 4 members (excludes halogenated alkanes) is 2. The summed E-state index contributed by atoms with van der Waals surface area (Å²) in [4.78, 5) is 2.69. The van der Waals surface area contributed by atoms with Crippen LogP contribution in [0.2, 0.25) is 0 Å². The Morgan fingerprint density at radius 1 is 1.13 bits per heavy atom. The molecule has 2 heteroatoms. The third-order valence-corrected chi connectivity index (χ3v) is 4.14. The molecular formula is C13H27NS. The molecule has 1 rings (SSSR count). The molecule has 1 aliphatic rings. The largest absolute Gasteiger partial charge is 0.300 e. The van der Waals surface area contributed by atoms with Crippen LogP contribution in [0.3, 0.4) is 0 Å². The van der Waals surface area contributed by atoms with E-state index in [2.05, 4.69) is 38.3 Å². The van der Waals surface area contributed by atoms with Crippen LogP contribution in [0.4, 0.5) is 0 Å². The number of rotatable bonds is 5. The summed E-state index contributed by atoms with van der Waals surface area (Å²) in [6, 6.07) is 0.789. The van der Waals surface area contributed by atoms with Crippen LogP contribution in [-0.2, 0) is 0 Å². The molecule has 1 fully saturated rings. The highest BCUT2D eigenvalue weighted by atomic mass is 32.1. The Kier molecular flexibility index (Phi) is 6.06. The first-order valence-electron chi connectivity index (χ1n) is 6.50. The zero-order chi connectivity index (χ0) is 11.3. The standard InChI is InChI=1S/C13H27NS/c1-11-9-12(2)13(3)14(10-11)7-5-4-6-8-15/h11-13,15H,4-10H2,1-3H3. The van der Waals surface area contributed by atoms with E-state index >= 15 is 0 Å². The molecule has 0 aromatic rings. The molecule has 1 heterocycles. The lowest BCUT2D eigenvalue weighted by atomic mass is 9.86. The lowest BCUT2D eigenvalue weighted by molar-refractivity contribution is 0.0782. The predicted molar refractivity (Wildman–Crippen MR) is 71.7 cm³/mol. The summed E-state index contributed by atoms with van der Waals surface area (Å²) in [6.07, 6.45) is 5.38. The molecule has 1 aliphatic heterocycles. The highest BCUT2D eigenvalue weighted by molar-refractivity contribution is 7.80. The summed E-state index contributed by atoms with van der Waals surface area (Å²) in [6.45, 7) is 9.80. The number of piperidine rings is 1. The van der Waals surface area contributed by atoms with Crippen molar-refractivity contribution in [2.45, 2.75) is 52.5 Å². The molecule has 0 amide bonds. The summed E-state index contributed by atoms with van der Waals surface area (Å²) in [5, 5.41) is 0. The van der Waals surface area contributed by atoms with Crippen LogP contribution in [-0.4, -0.2) is 29.8 Å². The Morgan fingerprint density at radius 2 is 1.87 bits per heavy atom. The van der Waals surface area contributed by atoms with Gasteiger partial charge in [0, 0.05) is 12.6 Å². The van der Waals surface area contributed by atoms with Gasteiger partial charge in [-0.2, -0.15) is 12.6 Å². The minimum atomic E-state index is 0.789. The van der Waals surface area contributed by atoms with Gasteiger partial charge in [-0.15, -0.1) is 0 Å². The van der Waals surface area contributed by atoms with E-state index in [1.54, 1.807) is 0 Å². The minimum Gasteiger partial charge on any atom is -0.300 e. The van der Waals surface area contributed by atoms with Gasteiger partial charge in [0.15, 0.2) is 0 Å². The molecular weight excluding hydrogens is 202 g/mol. The average molecular weight is 229 g/mol. The maximum absolute atomic E-state index is 4.25. The van der Waals surface area contributed by atoms with Crippen LogP contribution in [0.1, 0.15) is 46.5 Å². The number of hydrogen-bond acceptors (Lipinski definition) is 2. The van der Waals surface area contributed by atoms with Crippen molar-refractivity contribution in [1.82, 2.24) is 4.90 Å². The molecule has 3 unspecified atom stereocenters. The summed E-state index contributed by atoms with van der Waals surface area (Å²) in [5.74, 6) is 2.81. The van der Waals surface area contributed by atoms with Crippen LogP contribution in [0.5, 0.6) is 0 Å². The van der Waals surface area contributed by atoms with Gasteiger partial charge in [-0.1, -0.05) is 20.3 Å². The van der Waals surface area contributed by atoms with E-state index < -0.39 is 0 Å². The second-order valence-electron chi connectivity index (χ2n) is 5.34. The highest BCUT2D eigenvalue weighted by Gasteiger charge is 2.27. The van der Waals surface area contributed by atoms with Gasteiger partial charge in [0.1, 0.15) is 0 Å². The first-order chi connectivity index (χ1) is 7.15. The van der Waals surface area contributed by atoms with Gasteiger partial charge >= 0.3 is 0 Å². The maximum Gasteiger partial charge on any atom is 0.00927 e. The van der Waals surface area contributed by atoms with Gasteiger partial charge in [0.2, 0.25) is 0 Å². The zero-order valence-electron chi connectivity index (χ0n) is 10.6. The third kappa shape index (κ3) is 4.36. The molecule has 1 saturated heterocycles. The Hall–Kier alpha value is 0.310. The molecule has 0 spiro atoms. The van der Waals surface area contributed by atoms with Crippen molar-refractivity contribution in [1.29, 1.82) is 0 Å². The van der Waals surface area contributed by atoms with Crippen molar-refractivity contribution in [3.63, 3.8) is 0 Å². The Bertz CT molecular complexity index is 172. The van der Waals surface area contributed by atoms with Crippen molar-refractivity contribution in [3.8, 4) is 0 Å². The van der Waals surface area contributed by atoms with Gasteiger partial charge in [-0.05, 0) is 50.3 Å². The smallest absolute Gasteiger partial charge is 0.00927 e. The lowest BCUT2D eigenvalue weighted by Gasteiger charge is -2.41. The molecule has 0 radical (unpaired) electrons. The molecule has 0 aromatic heterocycles. The molecule has 0 aliphatic carbocycles. The van der Waals surface area contributed by atoms with E-state index in [4.69, 9.17) is 0 Å².